The number of hydrogen-bond donors (Lipinski definition) is 2. The fourth-order valence-corrected chi connectivity index (χ4v) is 4.59. The van der Waals surface area contributed by atoms with Crippen molar-refractivity contribution >= 4 is 50.1 Å². The van der Waals surface area contributed by atoms with Crippen LogP contribution in [0.2, 0.25) is 5.02 Å². The predicted molar refractivity (Wildman–Crippen MR) is 117 cm³/mol. The monoisotopic (exact) mass is 449 g/mol. The highest BCUT2D eigenvalue weighted by molar-refractivity contribution is 7.22. The number of urea groups is 1. The number of carbonyl (C=O) groups is 1. The summed E-state index contributed by atoms with van der Waals surface area (Å²) in [6, 6.07) is 5.94. The van der Waals surface area contributed by atoms with Crippen molar-refractivity contribution < 1.29 is 14.3 Å². The number of piperazine rings is 1. The second-order valence-electron chi connectivity index (χ2n) is 7.24. The van der Waals surface area contributed by atoms with Gasteiger partial charge in [-0.15, -0.1) is 0 Å². The van der Waals surface area contributed by atoms with Crippen LogP contribution in [0.3, 0.4) is 0 Å². The number of benzene rings is 1. The lowest BCUT2D eigenvalue weighted by molar-refractivity contribution is 0.195. The Morgan fingerprint density at radius 3 is 2.80 bits per heavy atom. The predicted octanol–water partition coefficient (Wildman–Crippen LogP) is 3.76. The minimum absolute atomic E-state index is 0.236. The SMILES string of the molecule is C[C@H](O)Cc1cnc(N2CCN(C(=O)Nc3nc4ccc(F)cc4s3)CC2)c(Cl)c1. The number of halogens is 2. The molecule has 1 aromatic carbocycles. The number of aromatic nitrogens is 2. The maximum absolute atomic E-state index is 13.3. The van der Waals surface area contributed by atoms with E-state index in [2.05, 4.69) is 15.3 Å². The molecule has 0 bridgehead atoms. The summed E-state index contributed by atoms with van der Waals surface area (Å²) in [7, 11) is 0. The van der Waals surface area contributed by atoms with E-state index in [0.29, 0.717) is 58.8 Å². The Kier molecular flexibility index (Phi) is 6.03. The fraction of sp³-hybridized carbons (Fsp3) is 0.350. The summed E-state index contributed by atoms with van der Waals surface area (Å²) in [5.74, 6) is 0.352. The molecule has 1 aliphatic heterocycles. The van der Waals surface area contributed by atoms with E-state index in [1.54, 1.807) is 24.1 Å². The molecule has 158 valence electrons. The van der Waals surface area contributed by atoms with Crippen LogP contribution < -0.4 is 10.2 Å². The van der Waals surface area contributed by atoms with Crippen molar-refractivity contribution in [3.63, 3.8) is 0 Å². The van der Waals surface area contributed by atoms with E-state index in [1.165, 1.54) is 23.5 Å². The molecule has 2 N–H and O–H groups in total. The van der Waals surface area contributed by atoms with Crippen molar-refractivity contribution in [1.29, 1.82) is 0 Å². The van der Waals surface area contributed by atoms with Gasteiger partial charge in [0.1, 0.15) is 11.6 Å². The number of fused-ring (bicyclic) bond motifs is 1. The van der Waals surface area contributed by atoms with E-state index < -0.39 is 6.10 Å². The summed E-state index contributed by atoms with van der Waals surface area (Å²) in [6.45, 7) is 3.94. The van der Waals surface area contributed by atoms with Gasteiger partial charge in [0.2, 0.25) is 0 Å². The molecule has 0 unspecified atom stereocenters. The van der Waals surface area contributed by atoms with E-state index in [1.807, 2.05) is 11.0 Å². The number of pyridine rings is 1. The zero-order chi connectivity index (χ0) is 21.3. The largest absolute Gasteiger partial charge is 0.393 e. The van der Waals surface area contributed by atoms with E-state index >= 15 is 0 Å². The standard InChI is InChI=1S/C20H21ClFN5O2S/c1-12(28)8-13-9-15(21)18(23-11-13)26-4-6-27(7-5-26)20(29)25-19-24-16-3-2-14(22)10-17(16)30-19/h2-3,9-12,28H,4-8H2,1H3,(H,24,25,29)/t12-/m0/s1. The molecule has 1 aliphatic rings. The van der Waals surface area contributed by atoms with Gasteiger partial charge in [0, 0.05) is 32.4 Å². The number of anilines is 2. The van der Waals surface area contributed by atoms with E-state index in [-0.39, 0.29) is 11.8 Å². The van der Waals surface area contributed by atoms with Crippen molar-refractivity contribution in [3.8, 4) is 0 Å². The molecular formula is C20H21ClFN5O2S. The van der Waals surface area contributed by atoms with Crippen LogP contribution in [0.15, 0.2) is 30.5 Å². The molecule has 3 heterocycles. The Hall–Kier alpha value is -2.49. The minimum Gasteiger partial charge on any atom is -0.393 e. The van der Waals surface area contributed by atoms with Crippen LogP contribution in [0, 0.1) is 5.82 Å². The van der Waals surface area contributed by atoms with E-state index in [0.717, 1.165) is 5.56 Å². The number of hydrogen-bond acceptors (Lipinski definition) is 6. The van der Waals surface area contributed by atoms with Crippen LogP contribution in [0.25, 0.3) is 10.2 Å². The van der Waals surface area contributed by atoms with Crippen molar-refractivity contribution in [2.24, 2.45) is 0 Å². The number of carbonyl (C=O) groups excluding carboxylic acids is 1. The third-order valence-corrected chi connectivity index (χ3v) is 6.05. The van der Waals surface area contributed by atoms with Crippen molar-refractivity contribution in [2.75, 3.05) is 36.4 Å². The topological polar surface area (TPSA) is 81.6 Å². The number of aliphatic hydroxyl groups is 1. The minimum atomic E-state index is -0.453. The van der Waals surface area contributed by atoms with Crippen molar-refractivity contribution in [2.45, 2.75) is 19.4 Å². The molecule has 0 spiro atoms. The van der Waals surface area contributed by atoms with Crippen molar-refractivity contribution in [3.05, 3.63) is 46.9 Å². The number of thiazole rings is 1. The van der Waals surface area contributed by atoms with Gasteiger partial charge in [0.15, 0.2) is 5.13 Å². The Bertz CT molecular complexity index is 1070. The van der Waals surface area contributed by atoms with Crippen LogP contribution >= 0.6 is 22.9 Å². The van der Waals surface area contributed by atoms with Gasteiger partial charge >= 0.3 is 6.03 Å². The summed E-state index contributed by atoms with van der Waals surface area (Å²) in [6.07, 6.45) is 1.77. The highest BCUT2D eigenvalue weighted by Crippen LogP contribution is 2.28. The summed E-state index contributed by atoms with van der Waals surface area (Å²) in [5.41, 5.74) is 1.54. The number of amides is 2. The van der Waals surface area contributed by atoms with Gasteiger partial charge in [0.25, 0.3) is 0 Å². The first-order chi connectivity index (χ1) is 14.4. The molecule has 7 nitrogen and oxygen atoms in total. The molecule has 0 radical (unpaired) electrons. The van der Waals surface area contributed by atoms with Gasteiger partial charge in [-0.2, -0.15) is 0 Å². The summed E-state index contributed by atoms with van der Waals surface area (Å²) >= 11 is 7.63. The first-order valence-electron chi connectivity index (χ1n) is 9.58. The van der Waals surface area contributed by atoms with E-state index in [4.69, 9.17) is 11.6 Å². The maximum Gasteiger partial charge on any atom is 0.323 e. The molecule has 3 aromatic rings. The Labute approximate surface area is 182 Å². The molecule has 1 atom stereocenters. The number of nitrogens with one attached hydrogen (secondary N) is 1. The Balaban J connectivity index is 1.36. The first-order valence-corrected chi connectivity index (χ1v) is 10.8. The average molecular weight is 450 g/mol. The van der Waals surface area contributed by atoms with Gasteiger partial charge < -0.3 is 14.9 Å². The highest BCUT2D eigenvalue weighted by atomic mass is 35.5. The Morgan fingerprint density at radius 2 is 2.10 bits per heavy atom. The normalized spacial score (nSPS) is 15.5. The fourth-order valence-electron chi connectivity index (χ4n) is 3.40. The molecule has 0 saturated carbocycles. The summed E-state index contributed by atoms with van der Waals surface area (Å²) in [4.78, 5) is 25.1. The van der Waals surface area contributed by atoms with E-state index in [9.17, 15) is 14.3 Å². The molecule has 0 aliphatic carbocycles. The van der Waals surface area contributed by atoms with Crippen LogP contribution in [-0.4, -0.2) is 58.3 Å². The molecule has 2 amide bonds. The quantitative estimate of drug-likeness (QED) is 0.633. The number of rotatable bonds is 4. The lowest BCUT2D eigenvalue weighted by Gasteiger charge is -2.35. The zero-order valence-corrected chi connectivity index (χ0v) is 17.9. The van der Waals surface area contributed by atoms with Crippen LogP contribution in [0.1, 0.15) is 12.5 Å². The van der Waals surface area contributed by atoms with Crippen molar-refractivity contribution in [1.82, 2.24) is 14.9 Å². The van der Waals surface area contributed by atoms with Gasteiger partial charge in [-0.1, -0.05) is 22.9 Å². The average Bonchev–Trinajstić information content (AvgIpc) is 3.09. The molecular weight excluding hydrogens is 429 g/mol. The lowest BCUT2D eigenvalue weighted by atomic mass is 10.1. The van der Waals surface area contributed by atoms with Crippen LogP contribution in [0.4, 0.5) is 20.1 Å². The highest BCUT2D eigenvalue weighted by Gasteiger charge is 2.24. The molecule has 1 saturated heterocycles. The Morgan fingerprint density at radius 1 is 1.33 bits per heavy atom. The second-order valence-corrected chi connectivity index (χ2v) is 8.68. The van der Waals surface area contributed by atoms with Gasteiger partial charge in [0.05, 0.1) is 21.3 Å². The maximum atomic E-state index is 13.3. The van der Waals surface area contributed by atoms with Crippen LogP contribution in [0.5, 0.6) is 0 Å². The first kappa shape index (κ1) is 20.8. The lowest BCUT2D eigenvalue weighted by Crippen LogP contribution is -2.50. The zero-order valence-electron chi connectivity index (χ0n) is 16.3. The summed E-state index contributed by atoms with van der Waals surface area (Å²) < 4.78 is 14.0. The second kappa shape index (κ2) is 8.71. The van der Waals surface area contributed by atoms with Gasteiger partial charge in [-0.25, -0.2) is 19.2 Å². The van der Waals surface area contributed by atoms with Gasteiger partial charge in [-0.3, -0.25) is 5.32 Å². The molecule has 4 rings (SSSR count). The number of nitrogens with zero attached hydrogens (tertiary/aromatic N) is 4. The third-order valence-electron chi connectivity index (χ3n) is 4.84. The molecule has 30 heavy (non-hydrogen) atoms. The van der Waals surface area contributed by atoms with Gasteiger partial charge in [-0.05, 0) is 43.2 Å². The molecule has 1 fully saturated rings. The smallest absolute Gasteiger partial charge is 0.323 e. The molecule has 2 aromatic heterocycles. The van der Waals surface area contributed by atoms with Crippen LogP contribution in [-0.2, 0) is 6.42 Å². The number of aliphatic hydroxyl groups excluding tert-OH is 1. The summed E-state index contributed by atoms with van der Waals surface area (Å²) in [5, 5.41) is 13.3. The third kappa shape index (κ3) is 4.63. The molecule has 10 heteroatoms.